The van der Waals surface area contributed by atoms with Crippen molar-refractivity contribution < 1.29 is 9.53 Å². The molecule has 1 aliphatic heterocycles. The van der Waals surface area contributed by atoms with Crippen LogP contribution in [-0.2, 0) is 4.79 Å². The van der Waals surface area contributed by atoms with Crippen LogP contribution in [0, 0.1) is 0 Å². The van der Waals surface area contributed by atoms with Crippen molar-refractivity contribution in [1.29, 1.82) is 0 Å². The third-order valence-electron chi connectivity index (χ3n) is 5.26. The highest BCUT2D eigenvalue weighted by atomic mass is 16.5. The van der Waals surface area contributed by atoms with Crippen LogP contribution < -0.4 is 20.7 Å². The zero-order chi connectivity index (χ0) is 19.3. The van der Waals surface area contributed by atoms with E-state index in [-0.39, 0.29) is 5.91 Å². The number of ether oxygens (including phenoxy) is 1. The molecule has 3 heterocycles. The molecular weight excluding hydrogens is 356 g/mol. The lowest BCUT2D eigenvalue weighted by Gasteiger charge is -2.31. The van der Waals surface area contributed by atoms with Crippen molar-refractivity contribution >= 4 is 40.1 Å². The first-order chi connectivity index (χ1) is 13.5. The van der Waals surface area contributed by atoms with Gasteiger partial charge in [-0.25, -0.2) is 0 Å². The zero-order valence-corrected chi connectivity index (χ0v) is 15.8. The molecule has 28 heavy (non-hydrogen) atoms. The number of carbonyl (C=O) groups is 1. The van der Waals surface area contributed by atoms with Crippen LogP contribution in [0.4, 0.5) is 23.1 Å². The Morgan fingerprint density at radius 2 is 2.07 bits per heavy atom. The van der Waals surface area contributed by atoms with Crippen LogP contribution >= 0.6 is 0 Å². The molecule has 0 saturated heterocycles. The van der Waals surface area contributed by atoms with E-state index in [1.165, 1.54) is 19.3 Å². The molecule has 0 atom stereocenters. The number of aromatic amines is 1. The summed E-state index contributed by atoms with van der Waals surface area (Å²) in [7, 11) is 0. The first-order valence-electron chi connectivity index (χ1n) is 9.51. The summed E-state index contributed by atoms with van der Waals surface area (Å²) >= 11 is 0. The first-order valence-corrected chi connectivity index (χ1v) is 9.51. The number of nitrogens with zero attached hydrogens (tertiary/aromatic N) is 2. The van der Waals surface area contributed by atoms with Crippen LogP contribution in [0.3, 0.4) is 0 Å². The second-order valence-electron chi connectivity index (χ2n) is 7.81. The highest BCUT2D eigenvalue weighted by Crippen LogP contribution is 2.36. The number of hydrogen-bond acceptors (Lipinski definition) is 6. The summed E-state index contributed by atoms with van der Waals surface area (Å²) in [6.45, 7) is 3.48. The number of nitrogens with one attached hydrogen (secondary N) is 4. The van der Waals surface area contributed by atoms with Gasteiger partial charge in [-0.3, -0.25) is 4.79 Å². The van der Waals surface area contributed by atoms with Gasteiger partial charge in [-0.15, -0.1) is 0 Å². The molecule has 2 aliphatic rings. The number of fused-ring (bicyclic) bond motifs is 2. The Morgan fingerprint density at radius 1 is 1.21 bits per heavy atom. The molecule has 2 aromatic heterocycles. The Labute approximate surface area is 162 Å². The fourth-order valence-corrected chi connectivity index (χ4v) is 3.36. The van der Waals surface area contributed by atoms with E-state index in [2.05, 4.69) is 30.9 Å². The van der Waals surface area contributed by atoms with Gasteiger partial charge < -0.3 is 25.7 Å². The Bertz CT molecular complexity index is 1070. The van der Waals surface area contributed by atoms with Gasteiger partial charge in [-0.1, -0.05) is 0 Å². The van der Waals surface area contributed by atoms with Crippen molar-refractivity contribution in [3.63, 3.8) is 0 Å². The van der Waals surface area contributed by atoms with Crippen LogP contribution in [0.25, 0.3) is 11.0 Å². The number of carbonyl (C=O) groups excluding carboxylic acids is 1. The van der Waals surface area contributed by atoms with Gasteiger partial charge in [0, 0.05) is 24.0 Å². The maximum absolute atomic E-state index is 12.0. The lowest BCUT2D eigenvalue weighted by molar-refractivity contribution is -0.129. The van der Waals surface area contributed by atoms with E-state index in [0.717, 1.165) is 22.5 Å². The summed E-state index contributed by atoms with van der Waals surface area (Å²) in [4.78, 5) is 24.4. The fraction of sp³-hybridized carbons (Fsp3) is 0.350. The van der Waals surface area contributed by atoms with Crippen LogP contribution in [0.2, 0.25) is 0 Å². The Balaban J connectivity index is 1.45. The Hall–Kier alpha value is -3.29. The summed E-state index contributed by atoms with van der Waals surface area (Å²) in [5.41, 5.74) is 1.31. The number of aromatic nitrogens is 3. The average Bonchev–Trinajstić information content (AvgIpc) is 3.07. The zero-order valence-electron chi connectivity index (χ0n) is 15.8. The average molecular weight is 378 g/mol. The molecule has 8 nitrogen and oxygen atoms in total. The van der Waals surface area contributed by atoms with Crippen LogP contribution in [0.5, 0.6) is 5.75 Å². The summed E-state index contributed by atoms with van der Waals surface area (Å²) in [5.74, 6) is 1.79. The van der Waals surface area contributed by atoms with Gasteiger partial charge in [0.1, 0.15) is 17.2 Å². The van der Waals surface area contributed by atoms with Gasteiger partial charge >= 0.3 is 0 Å². The van der Waals surface area contributed by atoms with Crippen LogP contribution in [0.1, 0.15) is 33.1 Å². The van der Waals surface area contributed by atoms with Crippen molar-refractivity contribution in [3.8, 4) is 5.75 Å². The SMILES string of the molecule is CC1(C)Oc2cc(Nc3nc(NC4CCC4)c4cc[nH]c4n3)ccc2NC1=O. The smallest absolute Gasteiger partial charge is 0.268 e. The molecule has 1 amide bonds. The highest BCUT2D eigenvalue weighted by Gasteiger charge is 2.35. The monoisotopic (exact) mass is 378 g/mol. The largest absolute Gasteiger partial charge is 0.476 e. The third-order valence-corrected chi connectivity index (χ3v) is 5.26. The predicted molar refractivity (Wildman–Crippen MR) is 108 cm³/mol. The number of rotatable bonds is 4. The highest BCUT2D eigenvalue weighted by molar-refractivity contribution is 6.00. The molecule has 0 radical (unpaired) electrons. The van der Waals surface area contributed by atoms with Crippen molar-refractivity contribution in [2.24, 2.45) is 0 Å². The molecule has 144 valence electrons. The van der Waals surface area contributed by atoms with Crippen molar-refractivity contribution in [2.45, 2.75) is 44.8 Å². The molecule has 1 aliphatic carbocycles. The normalized spacial score (nSPS) is 18.0. The number of hydrogen-bond donors (Lipinski definition) is 4. The molecule has 4 N–H and O–H groups in total. The number of anilines is 4. The van der Waals surface area contributed by atoms with E-state index in [1.54, 1.807) is 13.8 Å². The molecule has 1 saturated carbocycles. The lowest BCUT2D eigenvalue weighted by atomic mass is 9.93. The summed E-state index contributed by atoms with van der Waals surface area (Å²) in [5, 5.41) is 10.6. The van der Waals surface area contributed by atoms with Gasteiger partial charge in [0.2, 0.25) is 5.95 Å². The number of amides is 1. The Kier molecular flexibility index (Phi) is 3.68. The molecule has 8 heteroatoms. The molecule has 5 rings (SSSR count). The van der Waals surface area contributed by atoms with Crippen molar-refractivity contribution in [1.82, 2.24) is 15.0 Å². The van der Waals surface area contributed by atoms with Gasteiger partial charge in [0.25, 0.3) is 5.91 Å². The van der Waals surface area contributed by atoms with E-state index in [4.69, 9.17) is 4.74 Å². The molecule has 1 fully saturated rings. The number of benzene rings is 1. The second-order valence-corrected chi connectivity index (χ2v) is 7.81. The quantitative estimate of drug-likeness (QED) is 0.551. The molecule has 1 aromatic carbocycles. The summed E-state index contributed by atoms with van der Waals surface area (Å²) < 4.78 is 5.85. The van der Waals surface area contributed by atoms with Gasteiger partial charge in [0.15, 0.2) is 5.60 Å². The van der Waals surface area contributed by atoms with E-state index in [0.29, 0.717) is 23.4 Å². The fourth-order valence-electron chi connectivity index (χ4n) is 3.36. The maximum atomic E-state index is 12.0. The van der Waals surface area contributed by atoms with E-state index >= 15 is 0 Å². The van der Waals surface area contributed by atoms with E-state index in [9.17, 15) is 4.79 Å². The standard InChI is InChI=1S/C20H22N6O2/c1-20(2)18(27)24-14-7-6-12(10-15(14)28-20)23-19-25-16-13(8-9-21-16)17(26-19)22-11-4-3-5-11/h6-11H,3-5H2,1-2H3,(H,24,27)(H3,21,22,23,25,26). The van der Waals surface area contributed by atoms with Gasteiger partial charge in [-0.2, -0.15) is 9.97 Å². The molecule has 0 spiro atoms. The maximum Gasteiger partial charge on any atom is 0.268 e. The molecule has 3 aromatic rings. The minimum atomic E-state index is -0.912. The lowest BCUT2D eigenvalue weighted by Crippen LogP contribution is -2.45. The minimum Gasteiger partial charge on any atom is -0.476 e. The molecule has 0 unspecified atom stereocenters. The number of H-pyrrole nitrogens is 1. The van der Waals surface area contributed by atoms with E-state index < -0.39 is 5.60 Å². The van der Waals surface area contributed by atoms with Crippen LogP contribution in [0.15, 0.2) is 30.5 Å². The van der Waals surface area contributed by atoms with Gasteiger partial charge in [-0.05, 0) is 51.3 Å². The second kappa shape index (κ2) is 6.12. The van der Waals surface area contributed by atoms with Crippen molar-refractivity contribution in [3.05, 3.63) is 30.5 Å². The third kappa shape index (κ3) is 2.90. The molecule has 0 bridgehead atoms. The topological polar surface area (TPSA) is 104 Å². The first kappa shape index (κ1) is 16.9. The Morgan fingerprint density at radius 3 is 2.86 bits per heavy atom. The van der Waals surface area contributed by atoms with E-state index in [1.807, 2.05) is 30.5 Å². The minimum absolute atomic E-state index is 0.159. The predicted octanol–water partition coefficient (Wildman–Crippen LogP) is 3.78. The van der Waals surface area contributed by atoms with Crippen molar-refractivity contribution in [2.75, 3.05) is 16.0 Å². The molecular formula is C20H22N6O2. The summed E-state index contributed by atoms with van der Waals surface area (Å²) in [6, 6.07) is 7.98. The van der Waals surface area contributed by atoms with Crippen LogP contribution in [-0.4, -0.2) is 32.5 Å². The summed E-state index contributed by atoms with van der Waals surface area (Å²) in [6.07, 6.45) is 5.46. The van der Waals surface area contributed by atoms with Gasteiger partial charge in [0.05, 0.1) is 11.1 Å².